The Hall–Kier alpha value is -1.10. The van der Waals surface area contributed by atoms with Gasteiger partial charge in [-0.1, -0.05) is 27.7 Å². The maximum atomic E-state index is 12.1. The van der Waals surface area contributed by atoms with Crippen LogP contribution in [0.2, 0.25) is 0 Å². The van der Waals surface area contributed by atoms with E-state index in [9.17, 15) is 9.59 Å². The largest absolute Gasteiger partial charge is 0.481 e. The lowest BCUT2D eigenvalue weighted by Gasteiger charge is -2.24. The standard InChI is InChI=1S/C14H26N2O3/c1-9-7-16(8-11(9)13(18)19)12(17)5-10(15)6-14(2,3)4/h9-11H,5-8,15H2,1-4H3,(H,18,19)/t9-,10?,11-/m1/s1. The molecule has 0 spiro atoms. The van der Waals surface area contributed by atoms with Gasteiger partial charge in [0.05, 0.1) is 5.92 Å². The molecule has 1 saturated heterocycles. The zero-order valence-electron chi connectivity index (χ0n) is 12.3. The lowest BCUT2D eigenvalue weighted by Crippen LogP contribution is -2.36. The zero-order valence-corrected chi connectivity index (χ0v) is 12.3. The molecule has 0 bridgehead atoms. The van der Waals surface area contributed by atoms with Gasteiger partial charge in [0.25, 0.3) is 0 Å². The summed E-state index contributed by atoms with van der Waals surface area (Å²) < 4.78 is 0. The van der Waals surface area contributed by atoms with Crippen molar-refractivity contribution in [1.82, 2.24) is 4.90 Å². The summed E-state index contributed by atoms with van der Waals surface area (Å²) in [4.78, 5) is 24.8. The van der Waals surface area contributed by atoms with Gasteiger partial charge in [0.15, 0.2) is 0 Å². The lowest BCUT2D eigenvalue weighted by molar-refractivity contribution is -0.142. The van der Waals surface area contributed by atoms with E-state index in [1.165, 1.54) is 0 Å². The topological polar surface area (TPSA) is 83.6 Å². The van der Waals surface area contributed by atoms with E-state index >= 15 is 0 Å². The molecule has 1 amide bonds. The molecule has 3 atom stereocenters. The molecule has 5 heteroatoms. The predicted molar refractivity (Wildman–Crippen MR) is 73.5 cm³/mol. The van der Waals surface area contributed by atoms with Gasteiger partial charge < -0.3 is 15.7 Å². The molecular weight excluding hydrogens is 244 g/mol. The Bertz CT molecular complexity index is 349. The van der Waals surface area contributed by atoms with Crippen molar-refractivity contribution in [2.45, 2.75) is 46.6 Å². The summed E-state index contributed by atoms with van der Waals surface area (Å²) >= 11 is 0. The van der Waals surface area contributed by atoms with Crippen molar-refractivity contribution in [2.24, 2.45) is 23.0 Å². The van der Waals surface area contributed by atoms with E-state index in [1.807, 2.05) is 6.92 Å². The summed E-state index contributed by atoms with van der Waals surface area (Å²) in [5.41, 5.74) is 6.09. The number of nitrogens with two attached hydrogens (primary N) is 1. The van der Waals surface area contributed by atoms with Gasteiger partial charge in [-0.3, -0.25) is 9.59 Å². The number of hydrogen-bond donors (Lipinski definition) is 2. The number of carbonyl (C=O) groups is 2. The van der Waals surface area contributed by atoms with Gasteiger partial charge in [0.2, 0.25) is 5.91 Å². The third kappa shape index (κ3) is 4.82. The van der Waals surface area contributed by atoms with E-state index in [0.29, 0.717) is 19.5 Å². The molecule has 1 aliphatic heterocycles. The molecule has 1 heterocycles. The number of nitrogens with zero attached hydrogens (tertiary/aromatic N) is 1. The fraction of sp³-hybridized carbons (Fsp3) is 0.857. The monoisotopic (exact) mass is 270 g/mol. The van der Waals surface area contributed by atoms with E-state index in [2.05, 4.69) is 20.8 Å². The second-order valence-corrected chi connectivity index (χ2v) is 6.95. The average Bonchev–Trinajstić information content (AvgIpc) is 2.57. The van der Waals surface area contributed by atoms with Crippen LogP contribution in [0.15, 0.2) is 0 Å². The number of likely N-dealkylation sites (tertiary alicyclic amines) is 1. The van der Waals surface area contributed by atoms with Crippen LogP contribution in [0.25, 0.3) is 0 Å². The van der Waals surface area contributed by atoms with Crippen LogP contribution in [0.5, 0.6) is 0 Å². The summed E-state index contributed by atoms with van der Waals surface area (Å²) in [6.45, 7) is 9.00. The van der Waals surface area contributed by atoms with Crippen molar-refractivity contribution in [3.63, 3.8) is 0 Å². The Kier molecular flexibility index (Phi) is 4.96. The van der Waals surface area contributed by atoms with Gasteiger partial charge in [-0.2, -0.15) is 0 Å². The van der Waals surface area contributed by atoms with Crippen molar-refractivity contribution in [3.8, 4) is 0 Å². The molecule has 0 aliphatic carbocycles. The van der Waals surface area contributed by atoms with Crippen LogP contribution >= 0.6 is 0 Å². The highest BCUT2D eigenvalue weighted by atomic mass is 16.4. The van der Waals surface area contributed by atoms with Crippen LogP contribution in [-0.2, 0) is 9.59 Å². The predicted octanol–water partition coefficient (Wildman–Crippen LogP) is 1.32. The number of hydrogen-bond acceptors (Lipinski definition) is 3. The molecule has 3 N–H and O–H groups in total. The Labute approximate surface area is 115 Å². The van der Waals surface area contributed by atoms with Crippen LogP contribution in [0.3, 0.4) is 0 Å². The minimum atomic E-state index is -0.818. The molecule has 1 rings (SSSR count). The molecule has 1 unspecified atom stereocenters. The molecule has 0 saturated carbocycles. The molecule has 5 nitrogen and oxygen atoms in total. The van der Waals surface area contributed by atoms with Gasteiger partial charge in [-0.05, 0) is 17.8 Å². The Balaban J connectivity index is 2.49. The van der Waals surface area contributed by atoms with E-state index in [4.69, 9.17) is 10.8 Å². The molecule has 1 aliphatic rings. The van der Waals surface area contributed by atoms with Crippen molar-refractivity contribution in [2.75, 3.05) is 13.1 Å². The molecule has 0 radical (unpaired) electrons. The Morgan fingerprint density at radius 3 is 2.37 bits per heavy atom. The minimum Gasteiger partial charge on any atom is -0.481 e. The first-order valence-corrected chi connectivity index (χ1v) is 6.86. The zero-order chi connectivity index (χ0) is 14.8. The quantitative estimate of drug-likeness (QED) is 0.807. The molecule has 0 aromatic rings. The summed E-state index contributed by atoms with van der Waals surface area (Å²) in [6, 6.07) is -0.160. The van der Waals surface area contributed by atoms with Gasteiger partial charge in [0.1, 0.15) is 0 Å². The Morgan fingerprint density at radius 2 is 1.95 bits per heavy atom. The van der Waals surface area contributed by atoms with E-state index < -0.39 is 11.9 Å². The maximum absolute atomic E-state index is 12.1. The van der Waals surface area contributed by atoms with Crippen LogP contribution in [0.1, 0.15) is 40.5 Å². The van der Waals surface area contributed by atoms with E-state index in [0.717, 1.165) is 6.42 Å². The number of carboxylic acids is 1. The molecule has 1 fully saturated rings. The fourth-order valence-corrected chi connectivity index (χ4v) is 2.70. The molecule has 19 heavy (non-hydrogen) atoms. The number of rotatable bonds is 4. The molecule has 0 aromatic carbocycles. The molecule has 0 aromatic heterocycles. The number of carbonyl (C=O) groups excluding carboxylic acids is 1. The number of aliphatic carboxylic acids is 1. The third-order valence-corrected chi connectivity index (χ3v) is 3.59. The first-order chi connectivity index (χ1) is 8.60. The van der Waals surface area contributed by atoms with E-state index in [1.54, 1.807) is 4.90 Å². The highest BCUT2D eigenvalue weighted by Gasteiger charge is 2.37. The van der Waals surface area contributed by atoms with Crippen molar-refractivity contribution in [3.05, 3.63) is 0 Å². The third-order valence-electron chi connectivity index (χ3n) is 3.59. The highest BCUT2D eigenvalue weighted by Crippen LogP contribution is 2.25. The molecular formula is C14H26N2O3. The van der Waals surface area contributed by atoms with Crippen LogP contribution in [0, 0.1) is 17.3 Å². The second-order valence-electron chi connectivity index (χ2n) is 6.95. The number of carboxylic acid groups (broad SMARTS) is 1. The fourth-order valence-electron chi connectivity index (χ4n) is 2.70. The van der Waals surface area contributed by atoms with Gasteiger partial charge in [-0.25, -0.2) is 0 Å². The first-order valence-electron chi connectivity index (χ1n) is 6.86. The summed E-state index contributed by atoms with van der Waals surface area (Å²) in [5.74, 6) is -1.27. The summed E-state index contributed by atoms with van der Waals surface area (Å²) in [6.07, 6.45) is 1.08. The highest BCUT2D eigenvalue weighted by molar-refractivity contribution is 5.79. The molecule has 110 valence electrons. The number of amides is 1. The van der Waals surface area contributed by atoms with E-state index in [-0.39, 0.29) is 23.3 Å². The van der Waals surface area contributed by atoms with Crippen molar-refractivity contribution in [1.29, 1.82) is 0 Å². The second kappa shape index (κ2) is 5.90. The maximum Gasteiger partial charge on any atom is 0.308 e. The minimum absolute atomic E-state index is 0.0142. The van der Waals surface area contributed by atoms with Gasteiger partial charge >= 0.3 is 5.97 Å². The first kappa shape index (κ1) is 16.0. The van der Waals surface area contributed by atoms with Crippen molar-refractivity contribution < 1.29 is 14.7 Å². The van der Waals surface area contributed by atoms with Crippen molar-refractivity contribution >= 4 is 11.9 Å². The lowest BCUT2D eigenvalue weighted by atomic mass is 9.87. The summed E-state index contributed by atoms with van der Waals surface area (Å²) in [5, 5.41) is 9.06. The van der Waals surface area contributed by atoms with Crippen LogP contribution in [0.4, 0.5) is 0 Å². The van der Waals surface area contributed by atoms with Crippen LogP contribution in [-0.4, -0.2) is 41.0 Å². The normalized spacial score (nSPS) is 25.4. The summed E-state index contributed by atoms with van der Waals surface area (Å²) in [7, 11) is 0. The van der Waals surface area contributed by atoms with Gasteiger partial charge in [0, 0.05) is 25.6 Å². The smallest absolute Gasteiger partial charge is 0.308 e. The van der Waals surface area contributed by atoms with Crippen LogP contribution < -0.4 is 5.73 Å². The average molecular weight is 270 g/mol. The Morgan fingerprint density at radius 1 is 1.37 bits per heavy atom. The van der Waals surface area contributed by atoms with Gasteiger partial charge in [-0.15, -0.1) is 0 Å². The SMILES string of the molecule is C[C@@H]1CN(C(=O)CC(N)CC(C)(C)C)C[C@H]1C(=O)O.